The Morgan fingerprint density at radius 2 is 2.11 bits per heavy atom. The number of rotatable bonds is 7. The number of halogens is 2. The minimum atomic E-state index is -3.22. The first-order valence-electron chi connectivity index (χ1n) is 5.86. The van der Waals surface area contributed by atoms with Gasteiger partial charge in [0.05, 0.1) is 5.75 Å². The van der Waals surface area contributed by atoms with Gasteiger partial charge in [-0.1, -0.05) is 29.3 Å². The molecule has 0 aromatic heterocycles. The highest BCUT2D eigenvalue weighted by Gasteiger charge is 2.09. The molecule has 102 valence electrons. The second kappa shape index (κ2) is 7.21. The van der Waals surface area contributed by atoms with Gasteiger partial charge >= 0.3 is 0 Å². The molecule has 3 nitrogen and oxygen atoms in total. The number of unbranched alkanes of at least 4 members (excludes halogenated alkanes) is 1. The third-order valence-corrected chi connectivity index (χ3v) is 4.45. The van der Waals surface area contributed by atoms with Crippen LogP contribution in [0.15, 0.2) is 22.7 Å². The molecule has 0 heterocycles. The van der Waals surface area contributed by atoms with Crippen LogP contribution in [0.2, 0.25) is 0 Å². The zero-order valence-electron chi connectivity index (χ0n) is 10.2. The molecule has 0 spiro atoms. The summed E-state index contributed by atoms with van der Waals surface area (Å²) in [6, 6.07) is 4.64. The van der Waals surface area contributed by atoms with Crippen molar-refractivity contribution in [2.75, 3.05) is 12.3 Å². The van der Waals surface area contributed by atoms with Gasteiger partial charge in [0.2, 0.25) is 10.0 Å². The molecule has 0 unspecified atom stereocenters. The number of benzene rings is 1. The Balaban J connectivity index is 2.49. The van der Waals surface area contributed by atoms with Gasteiger partial charge in [-0.25, -0.2) is 17.5 Å². The zero-order chi connectivity index (χ0) is 13.6. The standard InChI is InChI=1S/C12H17BrFNO2S/c1-2-3-8-18(16,17)15-7-6-10-9-11(13)4-5-12(10)14/h4-5,9,15H,2-3,6-8H2,1H3. The molecule has 0 saturated heterocycles. The summed E-state index contributed by atoms with van der Waals surface area (Å²) in [5, 5.41) is 0. The first-order chi connectivity index (χ1) is 8.44. The highest BCUT2D eigenvalue weighted by molar-refractivity contribution is 9.10. The lowest BCUT2D eigenvalue weighted by Gasteiger charge is -2.07. The summed E-state index contributed by atoms with van der Waals surface area (Å²) >= 11 is 3.26. The molecule has 1 aromatic rings. The second-order valence-electron chi connectivity index (χ2n) is 4.05. The van der Waals surface area contributed by atoms with Crippen LogP contribution >= 0.6 is 15.9 Å². The Morgan fingerprint density at radius 3 is 2.78 bits per heavy atom. The predicted molar refractivity (Wildman–Crippen MR) is 74.5 cm³/mol. The van der Waals surface area contributed by atoms with Crippen molar-refractivity contribution < 1.29 is 12.8 Å². The predicted octanol–water partition coefficient (Wildman–Crippen LogP) is 2.85. The normalized spacial score (nSPS) is 11.7. The van der Waals surface area contributed by atoms with Crippen molar-refractivity contribution in [3.8, 4) is 0 Å². The van der Waals surface area contributed by atoms with Gasteiger partial charge in [-0.3, -0.25) is 0 Å². The molecule has 0 amide bonds. The van der Waals surface area contributed by atoms with Crippen molar-refractivity contribution in [3.63, 3.8) is 0 Å². The lowest BCUT2D eigenvalue weighted by Crippen LogP contribution is -2.28. The van der Waals surface area contributed by atoms with E-state index in [1.807, 2.05) is 6.92 Å². The third-order valence-electron chi connectivity index (χ3n) is 2.49. The van der Waals surface area contributed by atoms with E-state index >= 15 is 0 Å². The van der Waals surface area contributed by atoms with Crippen LogP contribution in [0.25, 0.3) is 0 Å². The molecule has 0 bridgehead atoms. The fourth-order valence-corrected chi connectivity index (χ4v) is 3.12. The van der Waals surface area contributed by atoms with Crippen LogP contribution in [0.4, 0.5) is 4.39 Å². The van der Waals surface area contributed by atoms with E-state index in [0.717, 1.165) is 10.9 Å². The van der Waals surface area contributed by atoms with Crippen molar-refractivity contribution in [3.05, 3.63) is 34.1 Å². The third kappa shape index (κ3) is 5.46. The molecule has 1 aromatic carbocycles. The Bertz CT molecular complexity index is 491. The Morgan fingerprint density at radius 1 is 1.39 bits per heavy atom. The molecule has 0 atom stereocenters. The second-order valence-corrected chi connectivity index (χ2v) is 6.89. The van der Waals surface area contributed by atoms with Crippen LogP contribution in [0.5, 0.6) is 0 Å². The summed E-state index contributed by atoms with van der Waals surface area (Å²) in [6.07, 6.45) is 1.82. The van der Waals surface area contributed by atoms with Crippen molar-refractivity contribution in [1.29, 1.82) is 0 Å². The number of nitrogens with one attached hydrogen (secondary N) is 1. The fourth-order valence-electron chi connectivity index (χ4n) is 1.48. The minimum Gasteiger partial charge on any atom is -0.215 e. The van der Waals surface area contributed by atoms with Gasteiger partial charge in [0.1, 0.15) is 5.82 Å². The van der Waals surface area contributed by atoms with Crippen LogP contribution < -0.4 is 4.72 Å². The Labute approximate surface area is 116 Å². The molecule has 0 radical (unpaired) electrons. The van der Waals surface area contributed by atoms with E-state index in [9.17, 15) is 12.8 Å². The summed E-state index contributed by atoms with van der Waals surface area (Å²) < 4.78 is 39.7. The van der Waals surface area contributed by atoms with Gasteiger partial charge in [-0.15, -0.1) is 0 Å². The molecule has 1 N–H and O–H groups in total. The summed E-state index contributed by atoms with van der Waals surface area (Å²) in [6.45, 7) is 2.16. The maximum absolute atomic E-state index is 13.4. The van der Waals surface area contributed by atoms with Crippen LogP contribution in [-0.4, -0.2) is 20.7 Å². The summed E-state index contributed by atoms with van der Waals surface area (Å²) in [5.74, 6) is -0.184. The van der Waals surface area contributed by atoms with E-state index in [1.165, 1.54) is 6.07 Å². The van der Waals surface area contributed by atoms with Crippen molar-refractivity contribution >= 4 is 26.0 Å². The molecule has 0 aliphatic carbocycles. The van der Waals surface area contributed by atoms with Crippen LogP contribution in [-0.2, 0) is 16.4 Å². The molecule has 1 rings (SSSR count). The van der Waals surface area contributed by atoms with Gasteiger partial charge < -0.3 is 0 Å². The Kier molecular flexibility index (Phi) is 6.25. The zero-order valence-corrected chi connectivity index (χ0v) is 12.7. The highest BCUT2D eigenvalue weighted by Crippen LogP contribution is 2.15. The van der Waals surface area contributed by atoms with Gasteiger partial charge in [-0.2, -0.15) is 0 Å². The topological polar surface area (TPSA) is 46.2 Å². The number of hydrogen-bond donors (Lipinski definition) is 1. The van der Waals surface area contributed by atoms with E-state index < -0.39 is 10.0 Å². The van der Waals surface area contributed by atoms with Crippen LogP contribution in [0.1, 0.15) is 25.3 Å². The molecular weight excluding hydrogens is 321 g/mol. The smallest absolute Gasteiger partial charge is 0.211 e. The van der Waals surface area contributed by atoms with E-state index in [0.29, 0.717) is 18.4 Å². The number of sulfonamides is 1. The van der Waals surface area contributed by atoms with Gasteiger partial charge in [0.15, 0.2) is 0 Å². The van der Waals surface area contributed by atoms with Crippen molar-refractivity contribution in [2.24, 2.45) is 0 Å². The molecule has 6 heteroatoms. The van der Waals surface area contributed by atoms with Crippen molar-refractivity contribution in [1.82, 2.24) is 4.72 Å². The molecule has 0 aliphatic heterocycles. The quantitative estimate of drug-likeness (QED) is 0.831. The summed E-state index contributed by atoms with van der Waals surface area (Å²) in [5.41, 5.74) is 0.502. The lowest BCUT2D eigenvalue weighted by atomic mass is 10.1. The Hall–Kier alpha value is -0.460. The first-order valence-corrected chi connectivity index (χ1v) is 8.30. The van der Waals surface area contributed by atoms with E-state index in [1.54, 1.807) is 12.1 Å². The molecule has 0 saturated carbocycles. The summed E-state index contributed by atoms with van der Waals surface area (Å²) in [7, 11) is -3.22. The molecular formula is C12H17BrFNO2S. The van der Waals surface area contributed by atoms with Gasteiger partial charge in [0, 0.05) is 11.0 Å². The van der Waals surface area contributed by atoms with E-state index in [-0.39, 0.29) is 18.1 Å². The molecule has 0 aliphatic rings. The van der Waals surface area contributed by atoms with Gasteiger partial charge in [-0.05, 0) is 36.6 Å². The number of hydrogen-bond acceptors (Lipinski definition) is 2. The lowest BCUT2D eigenvalue weighted by molar-refractivity contribution is 0.574. The SMILES string of the molecule is CCCCS(=O)(=O)NCCc1cc(Br)ccc1F. The van der Waals surface area contributed by atoms with Gasteiger partial charge in [0.25, 0.3) is 0 Å². The average molecular weight is 338 g/mol. The highest BCUT2D eigenvalue weighted by atomic mass is 79.9. The van der Waals surface area contributed by atoms with Crippen molar-refractivity contribution in [2.45, 2.75) is 26.2 Å². The largest absolute Gasteiger partial charge is 0.215 e. The van der Waals surface area contributed by atoms with Crippen LogP contribution in [0, 0.1) is 5.82 Å². The minimum absolute atomic E-state index is 0.129. The summed E-state index contributed by atoms with van der Waals surface area (Å²) in [4.78, 5) is 0. The molecule has 18 heavy (non-hydrogen) atoms. The average Bonchev–Trinajstić information content (AvgIpc) is 2.31. The van der Waals surface area contributed by atoms with Crippen LogP contribution in [0.3, 0.4) is 0 Å². The van der Waals surface area contributed by atoms with E-state index in [2.05, 4.69) is 20.7 Å². The maximum atomic E-state index is 13.4. The first kappa shape index (κ1) is 15.6. The maximum Gasteiger partial charge on any atom is 0.211 e. The van der Waals surface area contributed by atoms with E-state index in [4.69, 9.17) is 0 Å². The fraction of sp³-hybridized carbons (Fsp3) is 0.500. The monoisotopic (exact) mass is 337 g/mol. The molecule has 0 fully saturated rings.